The lowest BCUT2D eigenvalue weighted by Crippen LogP contribution is -2.39. The predicted molar refractivity (Wildman–Crippen MR) is 93.7 cm³/mol. The van der Waals surface area contributed by atoms with Gasteiger partial charge in [0.15, 0.2) is 0 Å². The quantitative estimate of drug-likeness (QED) is 0.357. The van der Waals surface area contributed by atoms with E-state index in [0.717, 1.165) is 0 Å². The Bertz CT molecular complexity index is 514. The van der Waals surface area contributed by atoms with Crippen molar-refractivity contribution in [3.05, 3.63) is 0 Å². The smallest absolute Gasteiger partial charge is 0.382 e. The number of phosphoric acid groups is 1. The largest absolute Gasteiger partial charge is 0.472 e. The van der Waals surface area contributed by atoms with Crippen LogP contribution in [-0.4, -0.2) is 111 Å². The molecule has 2 heterocycles. The minimum absolute atomic E-state index is 0.0973. The van der Waals surface area contributed by atoms with Gasteiger partial charge in [0.2, 0.25) is 0 Å². The molecule has 2 fully saturated rings. The van der Waals surface area contributed by atoms with Crippen molar-refractivity contribution < 1.29 is 46.9 Å². The molecule has 0 aliphatic carbocycles. The van der Waals surface area contributed by atoms with Crippen LogP contribution in [0.4, 0.5) is 0 Å². The van der Waals surface area contributed by atoms with E-state index in [9.17, 15) is 9.46 Å². The second-order valence-corrected chi connectivity index (χ2v) is 7.58. The van der Waals surface area contributed by atoms with E-state index in [-0.39, 0.29) is 13.2 Å². The molecule has 0 amide bonds. The summed E-state index contributed by atoms with van der Waals surface area (Å²) in [6.07, 6.45) is -4.24. The summed E-state index contributed by atoms with van der Waals surface area (Å²) < 4.78 is 54.5. The highest BCUT2D eigenvalue weighted by molar-refractivity contribution is 7.47. The molecule has 9 atom stereocenters. The number of methoxy groups -OCH3 is 4. The highest BCUT2D eigenvalue weighted by Gasteiger charge is 2.48. The molecule has 0 spiro atoms. The third-order valence-corrected chi connectivity index (χ3v) is 5.48. The molecule has 2 rings (SSSR count). The van der Waals surface area contributed by atoms with Crippen molar-refractivity contribution in [2.45, 2.75) is 48.6 Å². The van der Waals surface area contributed by atoms with Crippen LogP contribution in [0.25, 0.3) is 0 Å². The molecule has 27 heavy (non-hydrogen) atoms. The van der Waals surface area contributed by atoms with Gasteiger partial charge in [0, 0.05) is 40.4 Å². The maximum absolute atomic E-state index is 12.4. The second kappa shape index (κ2) is 10.2. The standard InChI is InChI=1S/C14H25B2O10P/c1-19-5-7-10(12(22-4)14(16)24-7)26-27(17,18)23-6-8-9(20-2)11(21-3)13(15)25-8/h7-14H,5-6H2,1-4H3,(H,17,18). The summed E-state index contributed by atoms with van der Waals surface area (Å²) in [5.41, 5.74) is 0. The van der Waals surface area contributed by atoms with E-state index in [0.29, 0.717) is 0 Å². The molecule has 13 heteroatoms. The van der Waals surface area contributed by atoms with Crippen molar-refractivity contribution in [3.63, 3.8) is 0 Å². The van der Waals surface area contributed by atoms with Crippen molar-refractivity contribution in [3.8, 4) is 0 Å². The lowest BCUT2D eigenvalue weighted by Gasteiger charge is -2.26. The van der Waals surface area contributed by atoms with E-state index in [1.807, 2.05) is 0 Å². The van der Waals surface area contributed by atoms with Gasteiger partial charge in [0.1, 0.15) is 52.3 Å². The van der Waals surface area contributed by atoms with Gasteiger partial charge in [-0.25, -0.2) is 4.57 Å². The first kappa shape index (κ1) is 23.3. The fourth-order valence-corrected chi connectivity index (χ4v) is 4.20. The summed E-state index contributed by atoms with van der Waals surface area (Å²) in [7, 11) is 12.9. The molecule has 2 aliphatic heterocycles. The summed E-state index contributed by atoms with van der Waals surface area (Å²) in [5, 5.41) is 0. The molecule has 10 nitrogen and oxygen atoms in total. The van der Waals surface area contributed by atoms with Gasteiger partial charge in [0.25, 0.3) is 0 Å². The Balaban J connectivity index is 1.98. The molecule has 2 aliphatic rings. The molecule has 2 saturated heterocycles. The number of ether oxygens (including phenoxy) is 6. The molecule has 0 aromatic carbocycles. The normalized spacial score (nSPS) is 41.7. The fourth-order valence-electron chi connectivity index (χ4n) is 3.25. The Morgan fingerprint density at radius 3 is 1.81 bits per heavy atom. The highest BCUT2D eigenvalue weighted by Crippen LogP contribution is 2.48. The molecule has 4 radical (unpaired) electrons. The summed E-state index contributed by atoms with van der Waals surface area (Å²) in [6, 6.07) is -1.59. The van der Waals surface area contributed by atoms with E-state index in [4.69, 9.17) is 53.2 Å². The first-order valence-corrected chi connectivity index (χ1v) is 9.82. The van der Waals surface area contributed by atoms with Crippen molar-refractivity contribution in [1.82, 2.24) is 0 Å². The van der Waals surface area contributed by atoms with Crippen LogP contribution in [0.15, 0.2) is 0 Å². The first-order valence-electron chi connectivity index (χ1n) is 8.33. The van der Waals surface area contributed by atoms with Crippen molar-refractivity contribution in [1.29, 1.82) is 0 Å². The van der Waals surface area contributed by atoms with E-state index in [1.54, 1.807) is 0 Å². The van der Waals surface area contributed by atoms with Crippen LogP contribution in [0, 0.1) is 0 Å². The lowest BCUT2D eigenvalue weighted by molar-refractivity contribution is -0.0509. The summed E-state index contributed by atoms with van der Waals surface area (Å²) in [5.74, 6) is 0. The minimum Gasteiger partial charge on any atom is -0.382 e. The maximum atomic E-state index is 12.4. The van der Waals surface area contributed by atoms with Gasteiger partial charge >= 0.3 is 7.82 Å². The molecular formula is C14H25B2O10P. The van der Waals surface area contributed by atoms with Crippen LogP contribution in [0.2, 0.25) is 0 Å². The predicted octanol–water partition coefficient (Wildman–Crippen LogP) is -1.03. The molecular weight excluding hydrogens is 381 g/mol. The van der Waals surface area contributed by atoms with Crippen LogP contribution in [0.5, 0.6) is 0 Å². The number of rotatable bonds is 10. The maximum Gasteiger partial charge on any atom is 0.472 e. The van der Waals surface area contributed by atoms with Gasteiger partial charge in [-0.3, -0.25) is 9.05 Å². The average Bonchev–Trinajstić information content (AvgIpc) is 3.08. The Hall–Kier alpha value is -0.000130. The monoisotopic (exact) mass is 406 g/mol. The Kier molecular flexibility index (Phi) is 8.76. The van der Waals surface area contributed by atoms with E-state index in [2.05, 4.69) is 0 Å². The van der Waals surface area contributed by atoms with E-state index < -0.39 is 56.5 Å². The molecule has 152 valence electrons. The van der Waals surface area contributed by atoms with Crippen LogP contribution < -0.4 is 0 Å². The van der Waals surface area contributed by atoms with Crippen LogP contribution in [0.3, 0.4) is 0 Å². The van der Waals surface area contributed by atoms with Crippen molar-refractivity contribution >= 4 is 23.5 Å². The Labute approximate surface area is 161 Å². The fraction of sp³-hybridized carbons (Fsp3) is 1.00. The lowest BCUT2D eigenvalue weighted by atomic mass is 9.93. The molecule has 0 aromatic heterocycles. The van der Waals surface area contributed by atoms with Crippen molar-refractivity contribution in [2.24, 2.45) is 0 Å². The molecule has 0 bridgehead atoms. The van der Waals surface area contributed by atoms with Crippen LogP contribution >= 0.6 is 7.82 Å². The molecule has 0 aromatic rings. The van der Waals surface area contributed by atoms with Gasteiger partial charge in [-0.15, -0.1) is 0 Å². The topological polar surface area (TPSA) is 111 Å². The minimum atomic E-state index is -4.51. The van der Waals surface area contributed by atoms with Gasteiger partial charge in [-0.2, -0.15) is 0 Å². The highest BCUT2D eigenvalue weighted by atomic mass is 31.2. The number of hydrogen-bond donors (Lipinski definition) is 1. The van der Waals surface area contributed by atoms with E-state index in [1.165, 1.54) is 28.4 Å². The number of phosphoric ester groups is 1. The second-order valence-electron chi connectivity index (χ2n) is 6.17. The first-order chi connectivity index (χ1) is 12.8. The SMILES string of the molecule is [B]C1OC(COP(=O)(O)OC2C(COC)OC([B])C2OC)C(OC)C1OC. The van der Waals surface area contributed by atoms with Crippen molar-refractivity contribution in [2.75, 3.05) is 41.7 Å². The van der Waals surface area contributed by atoms with Crippen LogP contribution in [-0.2, 0) is 42.0 Å². The van der Waals surface area contributed by atoms with E-state index >= 15 is 0 Å². The summed E-state index contributed by atoms with van der Waals surface area (Å²) >= 11 is 0. The van der Waals surface area contributed by atoms with Gasteiger partial charge < -0.3 is 33.3 Å². The van der Waals surface area contributed by atoms with Gasteiger partial charge in [-0.1, -0.05) is 0 Å². The van der Waals surface area contributed by atoms with Gasteiger partial charge in [-0.05, 0) is 0 Å². The third kappa shape index (κ3) is 5.54. The zero-order chi connectivity index (χ0) is 20.2. The Morgan fingerprint density at radius 1 is 0.852 bits per heavy atom. The zero-order valence-electron chi connectivity index (χ0n) is 15.8. The van der Waals surface area contributed by atoms with Crippen LogP contribution in [0.1, 0.15) is 0 Å². The Morgan fingerprint density at radius 2 is 1.33 bits per heavy atom. The molecule has 0 saturated carbocycles. The molecule has 1 N–H and O–H groups in total. The van der Waals surface area contributed by atoms with Gasteiger partial charge in [0.05, 0.1) is 13.2 Å². The third-order valence-electron chi connectivity index (χ3n) is 4.50. The summed E-state index contributed by atoms with van der Waals surface area (Å²) in [4.78, 5) is 10.1. The average molecular weight is 406 g/mol. The molecule has 9 unspecified atom stereocenters. The number of hydrogen-bond acceptors (Lipinski definition) is 9. The summed E-state index contributed by atoms with van der Waals surface area (Å²) in [6.45, 7) is -0.202. The zero-order valence-corrected chi connectivity index (χ0v) is 16.7.